The number of carbonyl (C=O) groups is 2. The van der Waals surface area contributed by atoms with E-state index in [9.17, 15) is 9.59 Å². The van der Waals surface area contributed by atoms with E-state index in [0.29, 0.717) is 27.9 Å². The molecule has 0 saturated heterocycles. The first-order valence-electron chi connectivity index (χ1n) is 9.53. The molecule has 1 saturated carbocycles. The summed E-state index contributed by atoms with van der Waals surface area (Å²) in [5, 5.41) is 0.903. The van der Waals surface area contributed by atoms with Crippen molar-refractivity contribution in [1.29, 1.82) is 0 Å². The fourth-order valence-electron chi connectivity index (χ4n) is 3.32. The average Bonchev–Trinajstić information content (AvgIpc) is 3.54. The highest BCUT2D eigenvalue weighted by atomic mass is 32.1. The van der Waals surface area contributed by atoms with Crippen LogP contribution in [0.2, 0.25) is 0 Å². The van der Waals surface area contributed by atoms with Gasteiger partial charge in [0.05, 0.1) is 24.8 Å². The van der Waals surface area contributed by atoms with Crippen LogP contribution in [0, 0.1) is 13.8 Å². The van der Waals surface area contributed by atoms with Crippen LogP contribution in [0.5, 0.6) is 11.5 Å². The summed E-state index contributed by atoms with van der Waals surface area (Å²) in [4.78, 5) is 35.7. The molecule has 2 heterocycles. The topological polar surface area (TPSA) is 102 Å². The summed E-state index contributed by atoms with van der Waals surface area (Å²) in [6.45, 7) is 3.81. The number of nitrogens with zero attached hydrogens (tertiary/aromatic N) is 2. The van der Waals surface area contributed by atoms with Gasteiger partial charge in [0, 0.05) is 16.9 Å². The number of hydrogen-bond acceptors (Lipinski definition) is 7. The van der Waals surface area contributed by atoms with Crippen molar-refractivity contribution in [2.24, 2.45) is 0 Å². The predicted molar refractivity (Wildman–Crippen MR) is 113 cm³/mol. The molecule has 0 spiro atoms. The van der Waals surface area contributed by atoms with Crippen LogP contribution in [0.3, 0.4) is 0 Å². The van der Waals surface area contributed by atoms with Gasteiger partial charge in [0.15, 0.2) is 11.5 Å². The Hall–Kier alpha value is -3.20. The second kappa shape index (κ2) is 7.91. The normalized spacial score (nSPS) is 13.2. The van der Waals surface area contributed by atoms with E-state index >= 15 is 0 Å². The second-order valence-electron chi connectivity index (χ2n) is 7.16. The van der Waals surface area contributed by atoms with E-state index in [1.165, 1.54) is 25.6 Å². The van der Waals surface area contributed by atoms with Crippen molar-refractivity contribution < 1.29 is 19.1 Å². The summed E-state index contributed by atoms with van der Waals surface area (Å²) in [5.41, 5.74) is 6.96. The highest BCUT2D eigenvalue weighted by molar-refractivity contribution is 7.20. The molecule has 1 aliphatic rings. The lowest BCUT2D eigenvalue weighted by atomic mass is 10.1. The lowest BCUT2D eigenvalue weighted by molar-refractivity contribution is 0.0848. The number of amides is 2. The number of hydrazine groups is 1. The molecule has 2 aromatic heterocycles. The zero-order valence-corrected chi connectivity index (χ0v) is 18.0. The molecule has 0 atom stereocenters. The Morgan fingerprint density at radius 3 is 2.40 bits per heavy atom. The van der Waals surface area contributed by atoms with Gasteiger partial charge < -0.3 is 9.47 Å². The molecule has 8 nitrogen and oxygen atoms in total. The number of hydrogen-bond donors (Lipinski definition) is 2. The van der Waals surface area contributed by atoms with Crippen LogP contribution in [0.4, 0.5) is 0 Å². The van der Waals surface area contributed by atoms with E-state index < -0.39 is 11.8 Å². The molecule has 156 valence electrons. The second-order valence-corrected chi connectivity index (χ2v) is 8.15. The van der Waals surface area contributed by atoms with Gasteiger partial charge in [-0.25, -0.2) is 9.97 Å². The molecule has 30 heavy (non-hydrogen) atoms. The average molecular weight is 426 g/mol. The fourth-order valence-corrected chi connectivity index (χ4v) is 4.45. The molecule has 0 radical (unpaired) electrons. The summed E-state index contributed by atoms with van der Waals surface area (Å²) >= 11 is 1.31. The number of methoxy groups -OCH3 is 2. The molecule has 0 bridgehead atoms. The molecule has 1 aliphatic carbocycles. The lowest BCUT2D eigenvalue weighted by Gasteiger charge is -2.10. The van der Waals surface area contributed by atoms with E-state index in [1.54, 1.807) is 18.2 Å². The molecule has 2 amide bonds. The van der Waals surface area contributed by atoms with E-state index in [2.05, 4.69) is 20.8 Å². The Morgan fingerprint density at radius 2 is 1.73 bits per heavy atom. The van der Waals surface area contributed by atoms with Gasteiger partial charge in [0.25, 0.3) is 11.8 Å². The van der Waals surface area contributed by atoms with Crippen LogP contribution in [0.25, 0.3) is 10.2 Å². The molecule has 2 N–H and O–H groups in total. The van der Waals surface area contributed by atoms with Crippen molar-refractivity contribution >= 4 is 33.4 Å². The molecule has 1 fully saturated rings. The number of nitrogens with one attached hydrogen (secondary N) is 2. The van der Waals surface area contributed by atoms with Gasteiger partial charge in [0.2, 0.25) is 0 Å². The van der Waals surface area contributed by atoms with Crippen LogP contribution >= 0.6 is 11.3 Å². The molecule has 1 aromatic carbocycles. The number of carbonyl (C=O) groups excluding carboxylic acids is 2. The minimum absolute atomic E-state index is 0.330. The molecule has 3 aromatic rings. The number of aryl methyl sites for hydroxylation is 2. The Bertz CT molecular complexity index is 1150. The standard InChI is InChI=1S/C21H22N4O4S/c1-10-16-11(2)22-18(12-5-6-12)23-21(16)30-17(10)20(27)25-24-19(26)13-7-8-14(28-3)15(9-13)29-4/h7-9,12H,5-6H2,1-4H3,(H,24,26)(H,25,27). The molecule has 0 unspecified atom stereocenters. The van der Waals surface area contributed by atoms with E-state index in [1.807, 2.05) is 13.8 Å². The molecular weight excluding hydrogens is 404 g/mol. The Kier molecular flexibility index (Phi) is 5.29. The maximum absolute atomic E-state index is 12.7. The van der Waals surface area contributed by atoms with Crippen LogP contribution in [-0.4, -0.2) is 36.0 Å². The third-order valence-corrected chi connectivity index (χ3v) is 6.26. The van der Waals surface area contributed by atoms with E-state index in [0.717, 1.165) is 40.1 Å². The highest BCUT2D eigenvalue weighted by Crippen LogP contribution is 2.40. The number of benzene rings is 1. The minimum Gasteiger partial charge on any atom is -0.493 e. The van der Waals surface area contributed by atoms with Gasteiger partial charge >= 0.3 is 0 Å². The van der Waals surface area contributed by atoms with Gasteiger partial charge in [0.1, 0.15) is 10.7 Å². The molecule has 0 aliphatic heterocycles. The summed E-state index contributed by atoms with van der Waals surface area (Å²) < 4.78 is 10.4. The molecule has 9 heteroatoms. The number of thiophene rings is 1. The van der Waals surface area contributed by atoms with Crippen molar-refractivity contribution in [2.45, 2.75) is 32.6 Å². The Labute approximate surface area is 177 Å². The van der Waals surface area contributed by atoms with Crippen LogP contribution < -0.4 is 20.3 Å². The Morgan fingerprint density at radius 1 is 1.03 bits per heavy atom. The van der Waals surface area contributed by atoms with Gasteiger partial charge in [-0.05, 0) is 50.5 Å². The van der Waals surface area contributed by atoms with Crippen LogP contribution in [0.15, 0.2) is 18.2 Å². The number of ether oxygens (including phenoxy) is 2. The Balaban J connectivity index is 1.51. The largest absolute Gasteiger partial charge is 0.493 e. The fraction of sp³-hybridized carbons (Fsp3) is 0.333. The zero-order valence-electron chi connectivity index (χ0n) is 17.2. The molecular formula is C21H22N4O4S. The third kappa shape index (κ3) is 3.68. The van der Waals surface area contributed by atoms with E-state index in [-0.39, 0.29) is 0 Å². The number of rotatable bonds is 5. The van der Waals surface area contributed by atoms with Crippen molar-refractivity contribution in [3.63, 3.8) is 0 Å². The highest BCUT2D eigenvalue weighted by Gasteiger charge is 2.28. The van der Waals surface area contributed by atoms with Crippen molar-refractivity contribution in [3.05, 3.63) is 45.7 Å². The number of fused-ring (bicyclic) bond motifs is 1. The predicted octanol–water partition coefficient (Wildman–Crippen LogP) is 3.28. The summed E-state index contributed by atoms with van der Waals surface area (Å²) in [6, 6.07) is 4.76. The summed E-state index contributed by atoms with van der Waals surface area (Å²) in [5.74, 6) is 1.38. The van der Waals surface area contributed by atoms with Gasteiger partial charge in [-0.1, -0.05) is 0 Å². The van der Waals surface area contributed by atoms with Gasteiger partial charge in [-0.2, -0.15) is 0 Å². The van der Waals surface area contributed by atoms with Crippen molar-refractivity contribution in [1.82, 2.24) is 20.8 Å². The van der Waals surface area contributed by atoms with Gasteiger partial charge in [-0.15, -0.1) is 11.3 Å². The van der Waals surface area contributed by atoms with Crippen molar-refractivity contribution in [2.75, 3.05) is 14.2 Å². The summed E-state index contributed by atoms with van der Waals surface area (Å²) in [7, 11) is 3.01. The molecule has 4 rings (SSSR count). The lowest BCUT2D eigenvalue weighted by Crippen LogP contribution is -2.41. The van der Waals surface area contributed by atoms with Crippen LogP contribution in [-0.2, 0) is 0 Å². The van der Waals surface area contributed by atoms with Crippen LogP contribution in [0.1, 0.15) is 55.9 Å². The monoisotopic (exact) mass is 426 g/mol. The third-order valence-electron chi connectivity index (χ3n) is 5.07. The maximum atomic E-state index is 12.7. The van der Waals surface area contributed by atoms with Crippen molar-refractivity contribution in [3.8, 4) is 11.5 Å². The smallest absolute Gasteiger partial charge is 0.280 e. The first-order chi connectivity index (χ1) is 14.4. The summed E-state index contributed by atoms with van der Waals surface area (Å²) in [6.07, 6.45) is 2.23. The zero-order chi connectivity index (χ0) is 21.4. The first-order valence-corrected chi connectivity index (χ1v) is 10.3. The quantitative estimate of drug-likeness (QED) is 0.607. The minimum atomic E-state index is -0.463. The number of aromatic nitrogens is 2. The SMILES string of the molecule is COc1ccc(C(=O)NNC(=O)c2sc3nc(C4CC4)nc(C)c3c2C)cc1OC. The van der Waals surface area contributed by atoms with Gasteiger partial charge in [-0.3, -0.25) is 20.4 Å². The maximum Gasteiger partial charge on any atom is 0.280 e. The first kappa shape index (κ1) is 20.1. The van der Waals surface area contributed by atoms with E-state index in [4.69, 9.17) is 9.47 Å².